The molecule has 0 aliphatic carbocycles. The number of halogens is 1. The molecule has 1 unspecified atom stereocenters. The average Bonchev–Trinajstić information content (AvgIpc) is 2.83. The van der Waals surface area contributed by atoms with Crippen molar-refractivity contribution in [2.24, 2.45) is 10.2 Å². The van der Waals surface area contributed by atoms with Gasteiger partial charge in [0.25, 0.3) is 5.91 Å². The molecule has 2 aromatic carbocycles. The summed E-state index contributed by atoms with van der Waals surface area (Å²) in [6, 6.07) is 14.4. The molecule has 8 nitrogen and oxygen atoms in total. The zero-order valence-electron chi connectivity index (χ0n) is 17.8. The van der Waals surface area contributed by atoms with Crippen molar-refractivity contribution in [2.75, 3.05) is 32.7 Å². The molecule has 1 saturated heterocycles. The van der Waals surface area contributed by atoms with E-state index in [1.54, 1.807) is 35.4 Å². The van der Waals surface area contributed by atoms with Crippen LogP contribution in [0.1, 0.15) is 15.9 Å². The Labute approximate surface area is 196 Å². The highest BCUT2D eigenvalue weighted by molar-refractivity contribution is 6.30. The van der Waals surface area contributed by atoms with Crippen LogP contribution in [-0.2, 0) is 9.53 Å². The summed E-state index contributed by atoms with van der Waals surface area (Å²) < 4.78 is 5.50. The molecule has 0 saturated carbocycles. The molecule has 1 N–H and O–H groups in total. The molecule has 9 heteroatoms. The maximum Gasteiger partial charge on any atom is 0.317 e. The molecule has 2 aliphatic rings. The molecule has 1 fully saturated rings. The number of allylic oxidation sites excluding steroid dienone is 2. The number of carbonyl (C=O) groups excluding carboxylic acids is 1. The number of nitrogens with zero attached hydrogens (tertiary/aromatic N) is 4. The molecule has 1 atom stereocenters. The smallest absolute Gasteiger partial charge is 0.317 e. The van der Waals surface area contributed by atoms with Crippen LogP contribution in [-0.4, -0.2) is 65.7 Å². The van der Waals surface area contributed by atoms with E-state index in [0.717, 1.165) is 11.1 Å². The van der Waals surface area contributed by atoms with E-state index in [2.05, 4.69) is 10.2 Å². The predicted octanol–water partition coefficient (Wildman–Crippen LogP) is 4.22. The topological polar surface area (TPSA) is 94.8 Å². The molecule has 4 rings (SSSR count). The third kappa shape index (κ3) is 6.06. The van der Waals surface area contributed by atoms with E-state index in [4.69, 9.17) is 21.4 Å². The third-order valence-electron chi connectivity index (χ3n) is 5.38. The summed E-state index contributed by atoms with van der Waals surface area (Å²) in [7, 11) is 0. The van der Waals surface area contributed by atoms with E-state index >= 15 is 0 Å². The second-order valence-corrected chi connectivity index (χ2v) is 8.12. The van der Waals surface area contributed by atoms with Crippen molar-refractivity contribution in [3.8, 4) is 0 Å². The summed E-state index contributed by atoms with van der Waals surface area (Å²) in [6.07, 6.45) is 4.77. The standard InChI is InChI=1S/C24H23ClN4O4/c25-20-5-1-17(2-6-20)19-9-14-33-22(15-19)27-26-21-7-3-18(4-8-21)24(32)29-12-10-28(11-13-29)16-23(30)31/h1-9,14-15,22H,10-13,16H2,(H,30,31). The lowest BCUT2D eigenvalue weighted by atomic mass is 10.0. The number of aliphatic carboxylic acids is 1. The zero-order chi connectivity index (χ0) is 23.2. The third-order valence-corrected chi connectivity index (χ3v) is 5.64. The number of ether oxygens (including phenoxy) is 1. The van der Waals surface area contributed by atoms with Crippen molar-refractivity contribution in [3.63, 3.8) is 0 Å². The van der Waals surface area contributed by atoms with Crippen LogP contribution < -0.4 is 0 Å². The first-order valence-electron chi connectivity index (χ1n) is 10.5. The second kappa shape index (κ2) is 10.4. The number of rotatable bonds is 6. The number of hydrogen-bond acceptors (Lipinski definition) is 6. The first-order chi connectivity index (χ1) is 16.0. The monoisotopic (exact) mass is 466 g/mol. The van der Waals surface area contributed by atoms with Gasteiger partial charge in [-0.25, -0.2) is 0 Å². The van der Waals surface area contributed by atoms with Crippen LogP contribution in [0.15, 0.2) is 77.2 Å². The summed E-state index contributed by atoms with van der Waals surface area (Å²) in [5, 5.41) is 18.0. The lowest BCUT2D eigenvalue weighted by Gasteiger charge is -2.33. The zero-order valence-corrected chi connectivity index (χ0v) is 18.6. The molecular weight excluding hydrogens is 444 g/mol. The van der Waals surface area contributed by atoms with Gasteiger partial charge in [-0.3, -0.25) is 14.5 Å². The Morgan fingerprint density at radius 1 is 1.03 bits per heavy atom. The highest BCUT2D eigenvalue weighted by Crippen LogP contribution is 2.24. The molecule has 1 amide bonds. The quantitative estimate of drug-likeness (QED) is 0.643. The molecule has 2 aliphatic heterocycles. The van der Waals surface area contributed by atoms with Gasteiger partial charge in [0.05, 0.1) is 18.5 Å². The van der Waals surface area contributed by atoms with Crippen LogP contribution >= 0.6 is 11.6 Å². The van der Waals surface area contributed by atoms with Crippen molar-refractivity contribution in [2.45, 2.75) is 6.23 Å². The van der Waals surface area contributed by atoms with Crippen molar-refractivity contribution in [1.82, 2.24) is 9.80 Å². The number of carbonyl (C=O) groups is 2. The van der Waals surface area contributed by atoms with Gasteiger partial charge in [-0.1, -0.05) is 23.7 Å². The maximum atomic E-state index is 12.7. The second-order valence-electron chi connectivity index (χ2n) is 7.68. The maximum absolute atomic E-state index is 12.7. The van der Waals surface area contributed by atoms with Gasteiger partial charge in [-0.15, -0.1) is 5.11 Å². The van der Waals surface area contributed by atoms with Crippen LogP contribution in [0.25, 0.3) is 5.57 Å². The molecule has 2 aromatic rings. The highest BCUT2D eigenvalue weighted by Gasteiger charge is 2.23. The molecule has 33 heavy (non-hydrogen) atoms. The van der Waals surface area contributed by atoms with E-state index in [0.29, 0.717) is 42.5 Å². The number of carboxylic acid groups (broad SMARTS) is 1. The molecule has 0 spiro atoms. The molecular formula is C24H23ClN4O4. The number of hydrogen-bond donors (Lipinski definition) is 1. The van der Waals surface area contributed by atoms with Crippen LogP contribution in [0.5, 0.6) is 0 Å². The Balaban J connectivity index is 1.35. The van der Waals surface area contributed by atoms with Crippen LogP contribution in [0.3, 0.4) is 0 Å². The lowest BCUT2D eigenvalue weighted by Crippen LogP contribution is -2.49. The van der Waals surface area contributed by atoms with Crippen molar-refractivity contribution in [3.05, 3.63) is 83.1 Å². The van der Waals surface area contributed by atoms with E-state index in [-0.39, 0.29) is 12.5 Å². The predicted molar refractivity (Wildman–Crippen MR) is 124 cm³/mol. The number of azo groups is 1. The first-order valence-corrected chi connectivity index (χ1v) is 10.9. The van der Waals surface area contributed by atoms with E-state index in [1.807, 2.05) is 41.3 Å². The van der Waals surface area contributed by atoms with Gasteiger partial charge in [-0.2, -0.15) is 5.11 Å². The Bertz CT molecular complexity index is 1090. The molecule has 0 radical (unpaired) electrons. The lowest BCUT2D eigenvalue weighted by molar-refractivity contribution is -0.138. The van der Waals surface area contributed by atoms with Crippen molar-refractivity contribution >= 4 is 34.7 Å². The number of carboxylic acids is 1. The number of amides is 1. The van der Waals surface area contributed by atoms with E-state index < -0.39 is 12.2 Å². The Kier molecular flexibility index (Phi) is 7.16. The Hall–Kier alpha value is -3.49. The molecule has 0 bridgehead atoms. The summed E-state index contributed by atoms with van der Waals surface area (Å²) >= 11 is 5.95. The van der Waals surface area contributed by atoms with E-state index in [9.17, 15) is 9.59 Å². The highest BCUT2D eigenvalue weighted by atomic mass is 35.5. The van der Waals surface area contributed by atoms with E-state index in [1.165, 1.54) is 0 Å². The van der Waals surface area contributed by atoms with Crippen molar-refractivity contribution < 1.29 is 19.4 Å². The molecule has 170 valence electrons. The fourth-order valence-corrected chi connectivity index (χ4v) is 3.74. The largest absolute Gasteiger partial charge is 0.480 e. The SMILES string of the molecule is O=C(O)CN1CCN(C(=O)c2ccc(N=NC3C=C(c4ccc(Cl)cc4)C=CO3)cc2)CC1. The Morgan fingerprint density at radius 3 is 2.39 bits per heavy atom. The van der Waals surface area contributed by atoms with Crippen LogP contribution in [0.4, 0.5) is 5.69 Å². The number of benzene rings is 2. The molecule has 0 aromatic heterocycles. The van der Waals surface area contributed by atoms with Gasteiger partial charge in [-0.05, 0) is 59.7 Å². The van der Waals surface area contributed by atoms with Crippen molar-refractivity contribution in [1.29, 1.82) is 0 Å². The summed E-state index contributed by atoms with van der Waals surface area (Å²) in [4.78, 5) is 27.1. The summed E-state index contributed by atoms with van der Waals surface area (Å²) in [6.45, 7) is 2.10. The van der Waals surface area contributed by atoms with Gasteiger partial charge in [0, 0.05) is 36.8 Å². The minimum Gasteiger partial charge on any atom is -0.480 e. The minimum absolute atomic E-state index is 0.00138. The normalized spacial score (nSPS) is 18.8. The Morgan fingerprint density at radius 2 is 1.73 bits per heavy atom. The average molecular weight is 467 g/mol. The van der Waals surface area contributed by atoms with Crippen LogP contribution in [0, 0.1) is 0 Å². The van der Waals surface area contributed by atoms with Gasteiger partial charge in [0.1, 0.15) is 0 Å². The minimum atomic E-state index is -0.856. The number of piperazine rings is 1. The van der Waals surface area contributed by atoms with Gasteiger partial charge >= 0.3 is 5.97 Å². The first kappa shape index (κ1) is 22.7. The van der Waals surface area contributed by atoms with Gasteiger partial charge < -0.3 is 14.7 Å². The summed E-state index contributed by atoms with van der Waals surface area (Å²) in [5.74, 6) is -0.935. The fourth-order valence-electron chi connectivity index (χ4n) is 3.61. The molecule has 2 heterocycles. The van der Waals surface area contributed by atoms with Gasteiger partial charge in [0.2, 0.25) is 6.23 Å². The van der Waals surface area contributed by atoms with Crippen LogP contribution in [0.2, 0.25) is 5.02 Å². The fraction of sp³-hybridized carbons (Fsp3) is 0.250. The summed E-state index contributed by atoms with van der Waals surface area (Å²) in [5.41, 5.74) is 3.14. The van der Waals surface area contributed by atoms with Gasteiger partial charge in [0.15, 0.2) is 0 Å².